The molecule has 0 radical (unpaired) electrons. The molecule has 102 valence electrons. The highest BCUT2D eigenvalue weighted by Crippen LogP contribution is 2.23. The van der Waals surface area contributed by atoms with E-state index in [1.165, 1.54) is 25.7 Å². The van der Waals surface area contributed by atoms with Crippen LogP contribution < -0.4 is 5.32 Å². The van der Waals surface area contributed by atoms with E-state index in [-0.39, 0.29) is 11.9 Å². The number of hydrogen-bond donors (Lipinski definition) is 1. The van der Waals surface area contributed by atoms with Gasteiger partial charge in [-0.1, -0.05) is 12.8 Å². The Labute approximate surface area is 108 Å². The lowest BCUT2D eigenvalue weighted by atomic mass is 10.1. The topological polar surface area (TPSA) is 52.7 Å². The number of nitrogens with one attached hydrogen (secondary N) is 1. The summed E-state index contributed by atoms with van der Waals surface area (Å²) in [6.07, 6.45) is 5.10. The highest BCUT2D eigenvalue weighted by Gasteiger charge is 2.23. The van der Waals surface area contributed by atoms with Crippen LogP contribution in [0.3, 0.4) is 0 Å². The molecule has 3 amide bonds. The molecule has 2 fully saturated rings. The quantitative estimate of drug-likeness (QED) is 0.799. The van der Waals surface area contributed by atoms with Crippen LogP contribution >= 0.6 is 0 Å². The highest BCUT2D eigenvalue weighted by atomic mass is 16.2. The van der Waals surface area contributed by atoms with E-state index >= 15 is 0 Å². The van der Waals surface area contributed by atoms with Crippen molar-refractivity contribution in [1.29, 1.82) is 0 Å². The number of carbonyl (C=O) groups excluding carboxylic acids is 2. The molecule has 0 spiro atoms. The van der Waals surface area contributed by atoms with Crippen LogP contribution in [0.4, 0.5) is 4.79 Å². The third-order valence-electron chi connectivity index (χ3n) is 4.03. The summed E-state index contributed by atoms with van der Waals surface area (Å²) in [5.74, 6) is 0.772. The van der Waals surface area contributed by atoms with Gasteiger partial charge >= 0.3 is 6.03 Å². The molecule has 1 N–H and O–H groups in total. The standard InChI is InChI=1S/C13H23N3O2/c1-11(17)15-6-8-16(9-7-15)13(18)14-10-12-4-2-3-5-12/h12H,2-10H2,1H3,(H,14,18). The molecule has 5 heteroatoms. The fourth-order valence-corrected chi connectivity index (χ4v) is 2.78. The van der Waals surface area contributed by atoms with Gasteiger partial charge in [0.25, 0.3) is 0 Å². The Bertz CT molecular complexity index is 305. The lowest BCUT2D eigenvalue weighted by Crippen LogP contribution is -2.53. The van der Waals surface area contributed by atoms with Gasteiger partial charge in [0, 0.05) is 39.6 Å². The van der Waals surface area contributed by atoms with E-state index in [0.29, 0.717) is 32.1 Å². The number of nitrogens with zero attached hydrogens (tertiary/aromatic N) is 2. The molecule has 0 aromatic rings. The van der Waals surface area contributed by atoms with Gasteiger partial charge in [-0.05, 0) is 18.8 Å². The van der Waals surface area contributed by atoms with Gasteiger partial charge in [0.05, 0.1) is 0 Å². The average Bonchev–Trinajstić information content (AvgIpc) is 2.89. The highest BCUT2D eigenvalue weighted by molar-refractivity contribution is 5.76. The zero-order valence-electron chi connectivity index (χ0n) is 11.2. The van der Waals surface area contributed by atoms with Crippen LogP contribution in [0.25, 0.3) is 0 Å². The average molecular weight is 253 g/mol. The Hall–Kier alpha value is -1.26. The number of urea groups is 1. The summed E-state index contributed by atoms with van der Waals surface area (Å²) < 4.78 is 0. The van der Waals surface area contributed by atoms with Crippen molar-refractivity contribution in [3.63, 3.8) is 0 Å². The number of piperazine rings is 1. The molecule has 18 heavy (non-hydrogen) atoms. The minimum absolute atomic E-state index is 0.0325. The Morgan fingerprint density at radius 1 is 1.06 bits per heavy atom. The Kier molecular flexibility index (Phi) is 4.44. The molecule has 1 aliphatic carbocycles. The summed E-state index contributed by atoms with van der Waals surface area (Å²) in [4.78, 5) is 26.7. The summed E-state index contributed by atoms with van der Waals surface area (Å²) >= 11 is 0. The number of hydrogen-bond acceptors (Lipinski definition) is 2. The molecule has 1 saturated carbocycles. The van der Waals surface area contributed by atoms with Crippen molar-refractivity contribution in [1.82, 2.24) is 15.1 Å². The first-order chi connectivity index (χ1) is 8.66. The summed E-state index contributed by atoms with van der Waals surface area (Å²) in [5, 5.41) is 3.02. The monoisotopic (exact) mass is 253 g/mol. The van der Waals surface area contributed by atoms with Crippen LogP contribution in [0.1, 0.15) is 32.6 Å². The second-order valence-electron chi connectivity index (χ2n) is 5.33. The molecular formula is C13H23N3O2. The predicted molar refractivity (Wildman–Crippen MR) is 69.2 cm³/mol. The first kappa shape index (κ1) is 13.2. The lowest BCUT2D eigenvalue weighted by Gasteiger charge is -2.34. The van der Waals surface area contributed by atoms with Gasteiger partial charge in [0.15, 0.2) is 0 Å². The van der Waals surface area contributed by atoms with Crippen molar-refractivity contribution >= 4 is 11.9 Å². The third-order valence-corrected chi connectivity index (χ3v) is 4.03. The molecule has 1 aliphatic heterocycles. The second kappa shape index (κ2) is 6.07. The van der Waals surface area contributed by atoms with E-state index < -0.39 is 0 Å². The van der Waals surface area contributed by atoms with Crippen LogP contribution in [-0.4, -0.2) is 54.5 Å². The second-order valence-corrected chi connectivity index (χ2v) is 5.33. The SMILES string of the molecule is CC(=O)N1CCN(C(=O)NCC2CCCC2)CC1. The third kappa shape index (κ3) is 3.37. The smallest absolute Gasteiger partial charge is 0.317 e. The van der Waals surface area contributed by atoms with Gasteiger partial charge in [0.1, 0.15) is 0 Å². The number of amides is 3. The van der Waals surface area contributed by atoms with Gasteiger partial charge in [-0.2, -0.15) is 0 Å². The molecule has 0 aromatic heterocycles. The Morgan fingerprint density at radius 3 is 2.17 bits per heavy atom. The molecular weight excluding hydrogens is 230 g/mol. The van der Waals surface area contributed by atoms with Crippen molar-refractivity contribution < 1.29 is 9.59 Å². The van der Waals surface area contributed by atoms with Crippen LogP contribution in [-0.2, 0) is 4.79 Å². The molecule has 0 aromatic carbocycles. The van der Waals surface area contributed by atoms with Crippen molar-refractivity contribution in [2.75, 3.05) is 32.7 Å². The predicted octanol–water partition coefficient (Wildman–Crippen LogP) is 1.05. The van der Waals surface area contributed by atoms with Gasteiger partial charge in [0.2, 0.25) is 5.91 Å². The van der Waals surface area contributed by atoms with Gasteiger partial charge < -0.3 is 15.1 Å². The van der Waals surface area contributed by atoms with E-state index in [9.17, 15) is 9.59 Å². The maximum absolute atomic E-state index is 11.9. The molecule has 0 bridgehead atoms. The number of rotatable bonds is 2. The van der Waals surface area contributed by atoms with Crippen LogP contribution in [0.15, 0.2) is 0 Å². The summed E-state index contributed by atoms with van der Waals surface area (Å²) in [6, 6.07) is 0.0325. The maximum Gasteiger partial charge on any atom is 0.317 e. The Morgan fingerprint density at radius 2 is 1.61 bits per heavy atom. The van der Waals surface area contributed by atoms with Crippen LogP contribution in [0, 0.1) is 5.92 Å². The molecule has 1 saturated heterocycles. The van der Waals surface area contributed by atoms with E-state index in [1.807, 2.05) is 4.90 Å². The Balaban J connectivity index is 1.68. The van der Waals surface area contributed by atoms with Gasteiger partial charge in [-0.25, -0.2) is 4.79 Å². The summed E-state index contributed by atoms with van der Waals surface area (Å²) in [5.41, 5.74) is 0. The van der Waals surface area contributed by atoms with Crippen molar-refractivity contribution in [2.45, 2.75) is 32.6 Å². The van der Waals surface area contributed by atoms with E-state index in [1.54, 1.807) is 11.8 Å². The molecule has 0 unspecified atom stereocenters. The molecule has 0 atom stereocenters. The largest absolute Gasteiger partial charge is 0.339 e. The van der Waals surface area contributed by atoms with Gasteiger partial charge in [-0.3, -0.25) is 4.79 Å². The van der Waals surface area contributed by atoms with Gasteiger partial charge in [-0.15, -0.1) is 0 Å². The van der Waals surface area contributed by atoms with E-state index in [2.05, 4.69) is 5.32 Å². The van der Waals surface area contributed by atoms with Crippen molar-refractivity contribution in [2.24, 2.45) is 5.92 Å². The zero-order valence-corrected chi connectivity index (χ0v) is 11.2. The fraction of sp³-hybridized carbons (Fsp3) is 0.846. The minimum Gasteiger partial charge on any atom is -0.339 e. The van der Waals surface area contributed by atoms with Crippen LogP contribution in [0.5, 0.6) is 0 Å². The van der Waals surface area contributed by atoms with Crippen molar-refractivity contribution in [3.05, 3.63) is 0 Å². The summed E-state index contributed by atoms with van der Waals surface area (Å²) in [6.45, 7) is 5.01. The number of carbonyl (C=O) groups is 2. The van der Waals surface area contributed by atoms with Crippen LogP contribution in [0.2, 0.25) is 0 Å². The molecule has 5 nitrogen and oxygen atoms in total. The van der Waals surface area contributed by atoms with E-state index in [4.69, 9.17) is 0 Å². The minimum atomic E-state index is 0.0325. The maximum atomic E-state index is 11.9. The molecule has 2 aliphatic rings. The zero-order chi connectivity index (χ0) is 13.0. The normalized spacial score (nSPS) is 21.2. The first-order valence-corrected chi connectivity index (χ1v) is 6.95. The lowest BCUT2D eigenvalue weighted by molar-refractivity contribution is -0.130. The van der Waals surface area contributed by atoms with Crippen molar-refractivity contribution in [3.8, 4) is 0 Å². The first-order valence-electron chi connectivity index (χ1n) is 6.95. The fourth-order valence-electron chi connectivity index (χ4n) is 2.78. The summed E-state index contributed by atoms with van der Waals surface area (Å²) in [7, 11) is 0. The van der Waals surface area contributed by atoms with E-state index in [0.717, 1.165) is 6.54 Å². The molecule has 2 rings (SSSR count). The molecule has 1 heterocycles.